The summed E-state index contributed by atoms with van der Waals surface area (Å²) in [6, 6.07) is 1.60. The lowest BCUT2D eigenvalue weighted by Crippen LogP contribution is -2.29. The molecule has 4 N–H and O–H groups in total. The number of carbonyl (C=O) groups excluding carboxylic acids is 1. The molecule has 0 unspecified atom stereocenters. The number of hydrogen-bond acceptors (Lipinski definition) is 3. The Labute approximate surface area is 81.5 Å². The van der Waals surface area contributed by atoms with Gasteiger partial charge in [0, 0.05) is 25.0 Å². The van der Waals surface area contributed by atoms with Gasteiger partial charge in [0.2, 0.25) is 0 Å². The number of nitrogens with zero attached hydrogens (tertiary/aromatic N) is 1. The second-order valence-electron chi connectivity index (χ2n) is 3.54. The number of carbonyl (C=O) groups is 1. The van der Waals surface area contributed by atoms with Gasteiger partial charge in [-0.2, -0.15) is 0 Å². The molecule has 1 aromatic rings. The average Bonchev–Trinajstić information content (AvgIpc) is 2.73. The minimum Gasteiger partial charge on any atom is -0.397 e. The summed E-state index contributed by atoms with van der Waals surface area (Å²) in [6.07, 6.45) is 1.85. The van der Waals surface area contributed by atoms with E-state index in [2.05, 4.69) is 4.98 Å². The molecule has 14 heavy (non-hydrogen) atoms. The average molecular weight is 195 g/mol. The number of aliphatic hydroxyl groups excluding tert-OH is 1. The smallest absolute Gasteiger partial charge is 0.270 e. The van der Waals surface area contributed by atoms with Gasteiger partial charge >= 0.3 is 0 Å². The van der Waals surface area contributed by atoms with Crippen molar-refractivity contribution < 1.29 is 9.90 Å². The van der Waals surface area contributed by atoms with Gasteiger partial charge in [-0.15, -0.1) is 0 Å². The number of nitrogens with one attached hydrogen (secondary N) is 1. The predicted octanol–water partition coefficient (Wildman–Crippen LogP) is -0.196. The fourth-order valence-electron chi connectivity index (χ4n) is 1.63. The molecule has 5 nitrogen and oxygen atoms in total. The molecule has 1 aliphatic rings. The van der Waals surface area contributed by atoms with Crippen molar-refractivity contribution in [3.63, 3.8) is 0 Å². The van der Waals surface area contributed by atoms with Gasteiger partial charge in [0.25, 0.3) is 5.91 Å². The van der Waals surface area contributed by atoms with Crippen LogP contribution < -0.4 is 5.73 Å². The predicted molar refractivity (Wildman–Crippen MR) is 51.7 cm³/mol. The number of aromatic nitrogens is 1. The molecule has 0 bridgehead atoms. The first kappa shape index (κ1) is 9.08. The zero-order valence-electron chi connectivity index (χ0n) is 7.73. The second-order valence-corrected chi connectivity index (χ2v) is 3.54. The summed E-state index contributed by atoms with van der Waals surface area (Å²) < 4.78 is 0. The molecular formula is C9H13N3O2. The van der Waals surface area contributed by atoms with Gasteiger partial charge in [-0.05, 0) is 12.5 Å². The fraction of sp³-hybridized carbons (Fsp3) is 0.444. The first-order chi connectivity index (χ1) is 6.66. The van der Waals surface area contributed by atoms with Crippen molar-refractivity contribution in [3.8, 4) is 0 Å². The Kier molecular flexibility index (Phi) is 2.17. The topological polar surface area (TPSA) is 82.4 Å². The molecule has 0 spiro atoms. The molecule has 0 aromatic carbocycles. The van der Waals surface area contributed by atoms with E-state index in [4.69, 9.17) is 5.73 Å². The van der Waals surface area contributed by atoms with Crippen LogP contribution in [-0.4, -0.2) is 40.1 Å². The standard InChI is InChI=1S/C9H13N3O2/c10-6-3-8(11-4-6)9(14)12-2-1-7(13)5-12/h3-4,7,11,13H,1-2,5,10H2/t7-/m1/s1. The zero-order valence-corrected chi connectivity index (χ0v) is 7.73. The monoisotopic (exact) mass is 195 g/mol. The van der Waals surface area contributed by atoms with Crippen molar-refractivity contribution in [2.75, 3.05) is 18.8 Å². The number of aromatic amines is 1. The summed E-state index contributed by atoms with van der Waals surface area (Å²) in [6.45, 7) is 1.02. The van der Waals surface area contributed by atoms with E-state index in [0.29, 0.717) is 30.9 Å². The Balaban J connectivity index is 2.09. The minimum atomic E-state index is -0.383. The molecule has 76 valence electrons. The fourth-order valence-corrected chi connectivity index (χ4v) is 1.63. The van der Waals surface area contributed by atoms with Gasteiger partial charge in [0.05, 0.1) is 6.10 Å². The number of nitrogen functional groups attached to an aromatic ring is 1. The summed E-state index contributed by atoms with van der Waals surface area (Å²) in [5.74, 6) is -0.0988. The summed E-state index contributed by atoms with van der Waals surface area (Å²) in [5.41, 5.74) is 6.52. The normalized spacial score (nSPS) is 21.5. The zero-order chi connectivity index (χ0) is 10.1. The number of anilines is 1. The number of aliphatic hydroxyl groups is 1. The summed E-state index contributed by atoms with van der Waals surface area (Å²) in [7, 11) is 0. The van der Waals surface area contributed by atoms with E-state index in [-0.39, 0.29) is 12.0 Å². The van der Waals surface area contributed by atoms with E-state index in [1.807, 2.05) is 0 Å². The van der Waals surface area contributed by atoms with Gasteiger partial charge in [-0.25, -0.2) is 0 Å². The first-order valence-corrected chi connectivity index (χ1v) is 4.58. The maximum Gasteiger partial charge on any atom is 0.270 e. The van der Waals surface area contributed by atoms with E-state index in [9.17, 15) is 9.90 Å². The second kappa shape index (κ2) is 3.34. The quantitative estimate of drug-likeness (QED) is 0.580. The Morgan fingerprint density at radius 2 is 2.50 bits per heavy atom. The molecule has 2 heterocycles. The molecule has 5 heteroatoms. The maximum absolute atomic E-state index is 11.7. The van der Waals surface area contributed by atoms with Crippen LogP contribution >= 0.6 is 0 Å². The molecule has 1 fully saturated rings. The van der Waals surface area contributed by atoms with E-state index < -0.39 is 0 Å². The highest BCUT2D eigenvalue weighted by Crippen LogP contribution is 2.14. The number of rotatable bonds is 1. The van der Waals surface area contributed by atoms with Gasteiger partial charge in [0.1, 0.15) is 5.69 Å². The lowest BCUT2D eigenvalue weighted by atomic mass is 10.3. The lowest BCUT2D eigenvalue weighted by molar-refractivity contribution is 0.0760. The SMILES string of the molecule is Nc1c[nH]c(C(=O)N2CC[C@@H](O)C2)c1. The van der Waals surface area contributed by atoms with Crippen LogP contribution in [0.15, 0.2) is 12.3 Å². The van der Waals surface area contributed by atoms with Crippen LogP contribution in [0.5, 0.6) is 0 Å². The molecule has 1 aliphatic heterocycles. The summed E-state index contributed by atoms with van der Waals surface area (Å²) >= 11 is 0. The van der Waals surface area contributed by atoms with Crippen molar-refractivity contribution >= 4 is 11.6 Å². The number of amides is 1. The van der Waals surface area contributed by atoms with E-state index in [1.165, 1.54) is 0 Å². The molecule has 1 amide bonds. The third kappa shape index (κ3) is 1.58. The van der Waals surface area contributed by atoms with Crippen molar-refractivity contribution in [3.05, 3.63) is 18.0 Å². The minimum absolute atomic E-state index is 0.0988. The van der Waals surface area contributed by atoms with Crippen molar-refractivity contribution in [1.29, 1.82) is 0 Å². The van der Waals surface area contributed by atoms with Gasteiger partial charge in [0.15, 0.2) is 0 Å². The van der Waals surface area contributed by atoms with Crippen LogP contribution in [0, 0.1) is 0 Å². The highest BCUT2D eigenvalue weighted by Gasteiger charge is 2.25. The molecule has 1 atom stereocenters. The number of H-pyrrole nitrogens is 1. The Morgan fingerprint density at radius 3 is 3.00 bits per heavy atom. The van der Waals surface area contributed by atoms with E-state index in [1.54, 1.807) is 17.2 Å². The summed E-state index contributed by atoms with van der Waals surface area (Å²) in [4.78, 5) is 16.2. The molecule has 0 saturated carbocycles. The Hall–Kier alpha value is -1.49. The lowest BCUT2D eigenvalue weighted by Gasteiger charge is -2.13. The van der Waals surface area contributed by atoms with Crippen LogP contribution in [0.25, 0.3) is 0 Å². The number of hydrogen-bond donors (Lipinski definition) is 3. The van der Waals surface area contributed by atoms with Crippen LogP contribution in [0.2, 0.25) is 0 Å². The van der Waals surface area contributed by atoms with Crippen LogP contribution in [0.4, 0.5) is 5.69 Å². The number of nitrogens with two attached hydrogens (primary N) is 1. The highest BCUT2D eigenvalue weighted by atomic mass is 16.3. The number of β-amino-alcohol motifs (C(OH)–C–C–N with tert-alkyl or cyclic N) is 1. The largest absolute Gasteiger partial charge is 0.397 e. The van der Waals surface area contributed by atoms with Crippen LogP contribution in [0.3, 0.4) is 0 Å². The highest BCUT2D eigenvalue weighted by molar-refractivity contribution is 5.93. The van der Waals surface area contributed by atoms with Crippen molar-refractivity contribution in [1.82, 2.24) is 9.88 Å². The van der Waals surface area contributed by atoms with E-state index in [0.717, 1.165) is 0 Å². The van der Waals surface area contributed by atoms with E-state index >= 15 is 0 Å². The van der Waals surface area contributed by atoms with Crippen molar-refractivity contribution in [2.45, 2.75) is 12.5 Å². The Morgan fingerprint density at radius 1 is 1.71 bits per heavy atom. The van der Waals surface area contributed by atoms with Crippen LogP contribution in [0.1, 0.15) is 16.9 Å². The molecular weight excluding hydrogens is 182 g/mol. The number of likely N-dealkylation sites (tertiary alicyclic amines) is 1. The third-order valence-electron chi connectivity index (χ3n) is 2.39. The van der Waals surface area contributed by atoms with Crippen molar-refractivity contribution in [2.24, 2.45) is 0 Å². The van der Waals surface area contributed by atoms with Gasteiger partial charge < -0.3 is 20.7 Å². The first-order valence-electron chi connectivity index (χ1n) is 4.58. The van der Waals surface area contributed by atoms with Gasteiger partial charge in [-0.3, -0.25) is 4.79 Å². The molecule has 2 rings (SSSR count). The third-order valence-corrected chi connectivity index (χ3v) is 2.39. The molecule has 0 radical (unpaired) electrons. The van der Waals surface area contributed by atoms with Crippen LogP contribution in [-0.2, 0) is 0 Å². The molecule has 0 aliphatic carbocycles. The summed E-state index contributed by atoms with van der Waals surface area (Å²) in [5, 5.41) is 9.27. The maximum atomic E-state index is 11.7. The molecule has 1 saturated heterocycles. The van der Waals surface area contributed by atoms with Gasteiger partial charge in [-0.1, -0.05) is 0 Å². The molecule has 1 aromatic heterocycles. The Bertz CT molecular complexity index is 348.